The first-order chi connectivity index (χ1) is 9.87. The molecule has 1 atom stereocenters. The van der Waals surface area contributed by atoms with Gasteiger partial charge < -0.3 is 4.90 Å². The van der Waals surface area contributed by atoms with E-state index < -0.39 is 9.84 Å². The van der Waals surface area contributed by atoms with Crippen LogP contribution in [0.3, 0.4) is 0 Å². The van der Waals surface area contributed by atoms with Gasteiger partial charge in [0, 0.05) is 18.8 Å². The van der Waals surface area contributed by atoms with Crippen molar-refractivity contribution in [3.8, 4) is 0 Å². The van der Waals surface area contributed by atoms with Crippen molar-refractivity contribution in [2.75, 3.05) is 24.3 Å². The monoisotopic (exact) mass is 327 g/mol. The van der Waals surface area contributed by atoms with Gasteiger partial charge in [0.05, 0.1) is 17.3 Å². The number of carbonyl (C=O) groups is 1. The van der Waals surface area contributed by atoms with E-state index in [1.165, 1.54) is 11.1 Å². The van der Waals surface area contributed by atoms with Crippen LogP contribution in [0.1, 0.15) is 17.5 Å². The van der Waals surface area contributed by atoms with Crippen LogP contribution in [0.5, 0.6) is 0 Å². The Morgan fingerprint density at radius 1 is 1.33 bits per heavy atom. The van der Waals surface area contributed by atoms with Gasteiger partial charge in [0.1, 0.15) is 0 Å². The molecule has 1 aliphatic heterocycles. The van der Waals surface area contributed by atoms with Crippen molar-refractivity contribution in [2.45, 2.75) is 25.1 Å². The smallest absolute Gasteiger partial charge is 0.232 e. The van der Waals surface area contributed by atoms with Crippen LogP contribution >= 0.6 is 11.8 Å². The molecule has 0 saturated carbocycles. The maximum Gasteiger partial charge on any atom is 0.232 e. The van der Waals surface area contributed by atoms with Crippen LogP contribution in [0.25, 0.3) is 0 Å². The van der Waals surface area contributed by atoms with E-state index in [-0.39, 0.29) is 23.5 Å². The first kappa shape index (κ1) is 16.4. The number of amides is 1. The SMILES string of the molecule is Cc1ccc(CSCC(=O)N(C)C2CCS(=O)(=O)C2)cc1. The molecule has 116 valence electrons. The molecule has 21 heavy (non-hydrogen) atoms. The molecule has 1 heterocycles. The highest BCUT2D eigenvalue weighted by atomic mass is 32.2. The van der Waals surface area contributed by atoms with E-state index in [2.05, 4.69) is 24.3 Å². The van der Waals surface area contributed by atoms with Crippen molar-refractivity contribution in [1.29, 1.82) is 0 Å². The minimum Gasteiger partial charge on any atom is -0.341 e. The Morgan fingerprint density at radius 2 is 2.00 bits per heavy atom. The first-order valence-electron chi connectivity index (χ1n) is 6.97. The predicted molar refractivity (Wildman–Crippen MR) is 87.2 cm³/mol. The molecule has 1 saturated heterocycles. The van der Waals surface area contributed by atoms with Crippen molar-refractivity contribution in [3.63, 3.8) is 0 Å². The number of rotatable bonds is 5. The van der Waals surface area contributed by atoms with Crippen molar-refractivity contribution in [2.24, 2.45) is 0 Å². The van der Waals surface area contributed by atoms with Crippen LogP contribution in [0.4, 0.5) is 0 Å². The van der Waals surface area contributed by atoms with Crippen molar-refractivity contribution in [3.05, 3.63) is 35.4 Å². The van der Waals surface area contributed by atoms with Gasteiger partial charge in [-0.3, -0.25) is 4.79 Å². The number of hydrogen-bond donors (Lipinski definition) is 0. The van der Waals surface area contributed by atoms with Gasteiger partial charge in [0.2, 0.25) is 5.91 Å². The molecule has 0 radical (unpaired) electrons. The predicted octanol–water partition coefficient (Wildman–Crippen LogP) is 1.87. The summed E-state index contributed by atoms with van der Waals surface area (Å²) < 4.78 is 22.9. The third-order valence-electron chi connectivity index (χ3n) is 3.76. The fraction of sp³-hybridized carbons (Fsp3) is 0.533. The van der Waals surface area contributed by atoms with Crippen molar-refractivity contribution >= 4 is 27.5 Å². The summed E-state index contributed by atoms with van der Waals surface area (Å²) in [4.78, 5) is 13.7. The van der Waals surface area contributed by atoms with Crippen LogP contribution in [0, 0.1) is 6.92 Å². The highest BCUT2D eigenvalue weighted by molar-refractivity contribution is 7.99. The lowest BCUT2D eigenvalue weighted by Gasteiger charge is -2.23. The van der Waals surface area contributed by atoms with E-state index in [1.807, 2.05) is 6.92 Å². The summed E-state index contributed by atoms with van der Waals surface area (Å²) in [7, 11) is -1.23. The molecule has 0 aromatic heterocycles. The molecule has 6 heteroatoms. The van der Waals surface area contributed by atoms with Gasteiger partial charge in [-0.25, -0.2) is 8.42 Å². The minimum absolute atomic E-state index is 0.00853. The van der Waals surface area contributed by atoms with Gasteiger partial charge >= 0.3 is 0 Å². The number of carbonyl (C=O) groups excluding carboxylic acids is 1. The molecular formula is C15H21NO3S2. The summed E-state index contributed by atoms with van der Waals surface area (Å²) in [6.45, 7) is 2.05. The maximum absolute atomic E-state index is 12.1. The number of thioether (sulfide) groups is 1. The topological polar surface area (TPSA) is 54.5 Å². The molecule has 0 N–H and O–H groups in total. The molecule has 1 amide bonds. The van der Waals surface area contributed by atoms with Gasteiger partial charge in [0.25, 0.3) is 0 Å². The van der Waals surface area contributed by atoms with Gasteiger partial charge in [-0.15, -0.1) is 11.8 Å². The molecule has 0 aliphatic carbocycles. The quantitative estimate of drug-likeness (QED) is 0.828. The largest absolute Gasteiger partial charge is 0.341 e. The van der Waals surface area contributed by atoms with Crippen LogP contribution in [-0.2, 0) is 20.4 Å². The Labute approximate surface area is 130 Å². The summed E-state index contributed by atoms with van der Waals surface area (Å²) in [6, 6.07) is 8.11. The zero-order valence-corrected chi connectivity index (χ0v) is 14.0. The average Bonchev–Trinajstić information content (AvgIpc) is 2.80. The Balaban J connectivity index is 1.78. The van der Waals surface area contributed by atoms with E-state index >= 15 is 0 Å². The minimum atomic E-state index is -2.94. The van der Waals surface area contributed by atoms with Gasteiger partial charge in [-0.05, 0) is 18.9 Å². The second-order valence-corrected chi connectivity index (χ2v) is 8.75. The highest BCUT2D eigenvalue weighted by Crippen LogP contribution is 2.19. The number of hydrogen-bond acceptors (Lipinski definition) is 4. The van der Waals surface area contributed by atoms with Crippen LogP contribution in [0.2, 0.25) is 0 Å². The first-order valence-corrected chi connectivity index (χ1v) is 9.94. The Bertz CT molecular complexity index is 596. The summed E-state index contributed by atoms with van der Waals surface area (Å²) in [5.74, 6) is 1.50. The van der Waals surface area contributed by atoms with E-state index in [0.29, 0.717) is 12.2 Å². The normalized spacial score (nSPS) is 20.4. The van der Waals surface area contributed by atoms with E-state index in [0.717, 1.165) is 5.75 Å². The zero-order chi connectivity index (χ0) is 15.5. The number of sulfone groups is 1. The zero-order valence-electron chi connectivity index (χ0n) is 12.4. The number of nitrogens with zero attached hydrogens (tertiary/aromatic N) is 1. The highest BCUT2D eigenvalue weighted by Gasteiger charge is 2.32. The van der Waals surface area contributed by atoms with Gasteiger partial charge in [-0.1, -0.05) is 29.8 Å². The second-order valence-electron chi connectivity index (χ2n) is 5.54. The van der Waals surface area contributed by atoms with E-state index in [1.54, 1.807) is 23.7 Å². The molecule has 1 fully saturated rings. The van der Waals surface area contributed by atoms with E-state index in [9.17, 15) is 13.2 Å². The fourth-order valence-electron chi connectivity index (χ4n) is 2.33. The van der Waals surface area contributed by atoms with Crippen LogP contribution in [-0.4, -0.2) is 49.6 Å². The molecule has 0 bridgehead atoms. The fourth-order valence-corrected chi connectivity index (χ4v) is 5.01. The molecular weight excluding hydrogens is 306 g/mol. The Hall–Kier alpha value is -1.01. The summed E-state index contributed by atoms with van der Waals surface area (Å²) in [5, 5.41) is 0. The molecule has 4 nitrogen and oxygen atoms in total. The lowest BCUT2D eigenvalue weighted by molar-refractivity contribution is -0.128. The maximum atomic E-state index is 12.1. The van der Waals surface area contributed by atoms with Gasteiger partial charge in [-0.2, -0.15) is 0 Å². The lowest BCUT2D eigenvalue weighted by Crippen LogP contribution is -2.38. The standard InChI is InChI=1S/C15H21NO3S2/c1-12-3-5-13(6-4-12)9-20-10-15(17)16(2)14-7-8-21(18,19)11-14/h3-6,14H,7-11H2,1-2H3. The summed E-state index contributed by atoms with van der Waals surface area (Å²) in [5.41, 5.74) is 2.42. The third-order valence-corrected chi connectivity index (χ3v) is 6.50. The molecule has 1 aliphatic rings. The molecule has 2 rings (SSSR count). The number of benzene rings is 1. The second kappa shape index (κ2) is 6.83. The average molecular weight is 327 g/mol. The van der Waals surface area contributed by atoms with Crippen molar-refractivity contribution < 1.29 is 13.2 Å². The molecule has 1 aromatic rings. The molecule has 1 unspecified atom stereocenters. The Kier molecular flexibility index (Phi) is 5.32. The molecule has 1 aromatic carbocycles. The van der Waals surface area contributed by atoms with Crippen LogP contribution < -0.4 is 0 Å². The van der Waals surface area contributed by atoms with Gasteiger partial charge in [0.15, 0.2) is 9.84 Å². The third kappa shape index (κ3) is 4.74. The summed E-state index contributed by atoms with van der Waals surface area (Å²) in [6.07, 6.45) is 0.563. The molecule has 0 spiro atoms. The number of aryl methyl sites for hydroxylation is 1. The van der Waals surface area contributed by atoms with Crippen molar-refractivity contribution in [1.82, 2.24) is 4.90 Å². The lowest BCUT2D eigenvalue weighted by atomic mass is 10.2. The Morgan fingerprint density at radius 3 is 2.57 bits per heavy atom. The van der Waals surface area contributed by atoms with E-state index in [4.69, 9.17) is 0 Å². The summed E-state index contributed by atoms with van der Waals surface area (Å²) >= 11 is 1.57. The van der Waals surface area contributed by atoms with Crippen LogP contribution in [0.15, 0.2) is 24.3 Å².